The molecule has 1 aromatic heterocycles. The number of amides is 2. The predicted molar refractivity (Wildman–Crippen MR) is 90.4 cm³/mol. The molecular weight excluding hydrogens is 322 g/mol. The number of primary amides is 1. The van der Waals surface area contributed by atoms with Crippen molar-refractivity contribution in [3.63, 3.8) is 0 Å². The molecule has 0 aliphatic heterocycles. The molecule has 3 rings (SSSR count). The van der Waals surface area contributed by atoms with Crippen LogP contribution < -0.4 is 15.8 Å². The van der Waals surface area contributed by atoms with Gasteiger partial charge in [0.15, 0.2) is 12.3 Å². The first-order chi connectivity index (χ1) is 12.1. The van der Waals surface area contributed by atoms with Gasteiger partial charge < -0.3 is 15.8 Å². The second kappa shape index (κ2) is 7.26. The molecule has 8 heteroatoms. The van der Waals surface area contributed by atoms with Gasteiger partial charge in [0.05, 0.1) is 11.9 Å². The number of aromatic nitrogens is 3. The van der Waals surface area contributed by atoms with E-state index in [2.05, 4.69) is 15.5 Å². The number of nitrogens with one attached hydrogen (secondary N) is 1. The molecule has 8 nitrogen and oxygen atoms in total. The second-order valence-corrected chi connectivity index (χ2v) is 5.09. The van der Waals surface area contributed by atoms with E-state index < -0.39 is 5.91 Å². The Labute approximate surface area is 143 Å². The highest BCUT2D eigenvalue weighted by atomic mass is 16.5. The van der Waals surface area contributed by atoms with Crippen molar-refractivity contribution in [2.75, 3.05) is 11.9 Å². The zero-order chi connectivity index (χ0) is 17.6. The summed E-state index contributed by atoms with van der Waals surface area (Å²) in [4.78, 5) is 24.3. The summed E-state index contributed by atoms with van der Waals surface area (Å²) in [5.41, 5.74) is 6.52. The van der Waals surface area contributed by atoms with Gasteiger partial charge in [-0.15, -0.1) is 5.10 Å². The maximum Gasteiger partial charge on any atom is 0.277 e. The molecule has 3 aromatic rings. The largest absolute Gasteiger partial charge is 0.484 e. The highest BCUT2D eigenvalue weighted by Gasteiger charge is 2.12. The molecule has 0 unspecified atom stereocenters. The topological polar surface area (TPSA) is 112 Å². The van der Waals surface area contributed by atoms with E-state index in [1.165, 1.54) is 11.0 Å². The number of carbonyl (C=O) groups is 2. The zero-order valence-corrected chi connectivity index (χ0v) is 13.1. The molecule has 0 aliphatic rings. The average molecular weight is 337 g/mol. The maximum absolute atomic E-state index is 12.2. The molecule has 1 heterocycles. The van der Waals surface area contributed by atoms with Crippen LogP contribution in [-0.2, 0) is 4.79 Å². The van der Waals surface area contributed by atoms with Gasteiger partial charge in [-0.05, 0) is 36.4 Å². The van der Waals surface area contributed by atoms with E-state index in [9.17, 15) is 9.59 Å². The summed E-state index contributed by atoms with van der Waals surface area (Å²) >= 11 is 0. The molecule has 2 aromatic carbocycles. The van der Waals surface area contributed by atoms with Crippen molar-refractivity contribution in [3.8, 4) is 11.4 Å². The van der Waals surface area contributed by atoms with Crippen LogP contribution in [0.15, 0.2) is 60.8 Å². The summed E-state index contributed by atoms with van der Waals surface area (Å²) in [7, 11) is 0. The number of nitrogens with two attached hydrogens (primary N) is 1. The van der Waals surface area contributed by atoms with Crippen LogP contribution in [0.5, 0.6) is 5.75 Å². The van der Waals surface area contributed by atoms with Gasteiger partial charge in [-0.2, -0.15) is 9.90 Å². The minimum atomic E-state index is -0.557. The van der Waals surface area contributed by atoms with Crippen molar-refractivity contribution in [1.82, 2.24) is 15.0 Å². The molecule has 126 valence electrons. The molecule has 25 heavy (non-hydrogen) atoms. The number of hydrogen-bond acceptors (Lipinski definition) is 5. The Bertz CT molecular complexity index is 875. The van der Waals surface area contributed by atoms with E-state index in [4.69, 9.17) is 10.5 Å². The highest BCUT2D eigenvalue weighted by Crippen LogP contribution is 2.16. The number of nitrogens with zero attached hydrogens (tertiary/aromatic N) is 3. The van der Waals surface area contributed by atoms with Crippen LogP contribution in [0.4, 0.5) is 5.69 Å². The van der Waals surface area contributed by atoms with E-state index >= 15 is 0 Å². The van der Waals surface area contributed by atoms with Gasteiger partial charge in [0.1, 0.15) is 5.75 Å². The summed E-state index contributed by atoms with van der Waals surface area (Å²) < 4.78 is 5.15. The predicted octanol–water partition coefficient (Wildman–Crippen LogP) is 1.38. The normalized spacial score (nSPS) is 10.2. The van der Waals surface area contributed by atoms with E-state index in [1.807, 2.05) is 30.3 Å². The summed E-state index contributed by atoms with van der Waals surface area (Å²) in [6, 6.07) is 15.8. The molecule has 0 saturated carbocycles. The van der Waals surface area contributed by atoms with Crippen LogP contribution in [0, 0.1) is 0 Å². The zero-order valence-electron chi connectivity index (χ0n) is 13.1. The summed E-state index contributed by atoms with van der Waals surface area (Å²) in [6.07, 6.45) is 1.40. The van der Waals surface area contributed by atoms with Crippen LogP contribution in [0.25, 0.3) is 5.69 Å². The monoisotopic (exact) mass is 337 g/mol. The smallest absolute Gasteiger partial charge is 0.277 e. The SMILES string of the molecule is NC(=O)COc1ccc(NC(=O)c2cnn(-c3ccccc3)n2)cc1. The third-order valence-corrected chi connectivity index (χ3v) is 3.20. The van der Waals surface area contributed by atoms with Crippen LogP contribution in [0.2, 0.25) is 0 Å². The van der Waals surface area contributed by atoms with Gasteiger partial charge in [0.2, 0.25) is 0 Å². The van der Waals surface area contributed by atoms with Gasteiger partial charge in [-0.25, -0.2) is 0 Å². The fraction of sp³-hybridized carbons (Fsp3) is 0.0588. The van der Waals surface area contributed by atoms with Crippen LogP contribution in [0.1, 0.15) is 10.5 Å². The Morgan fingerprint density at radius 3 is 2.48 bits per heavy atom. The molecular formula is C17H15N5O3. The molecule has 0 bridgehead atoms. The quantitative estimate of drug-likeness (QED) is 0.706. The lowest BCUT2D eigenvalue weighted by Crippen LogP contribution is -2.20. The first kappa shape index (κ1) is 16.2. The van der Waals surface area contributed by atoms with Crippen LogP contribution >= 0.6 is 0 Å². The number of hydrogen-bond donors (Lipinski definition) is 2. The lowest BCUT2D eigenvalue weighted by atomic mass is 10.3. The van der Waals surface area contributed by atoms with Gasteiger partial charge in [-0.1, -0.05) is 18.2 Å². The molecule has 2 amide bonds. The molecule has 0 aliphatic carbocycles. The number of rotatable bonds is 6. The van der Waals surface area contributed by atoms with Gasteiger partial charge in [-0.3, -0.25) is 9.59 Å². The third kappa shape index (κ3) is 4.20. The molecule has 0 radical (unpaired) electrons. The van der Waals surface area contributed by atoms with E-state index in [1.54, 1.807) is 24.3 Å². The highest BCUT2D eigenvalue weighted by molar-refractivity contribution is 6.02. The van der Waals surface area contributed by atoms with E-state index in [-0.39, 0.29) is 18.2 Å². The van der Waals surface area contributed by atoms with Gasteiger partial charge in [0, 0.05) is 5.69 Å². The Kier molecular flexibility index (Phi) is 4.70. The third-order valence-electron chi connectivity index (χ3n) is 3.20. The standard InChI is InChI=1S/C17H15N5O3/c18-16(23)11-25-14-8-6-12(7-9-14)20-17(24)15-10-19-22(21-15)13-4-2-1-3-5-13/h1-10H,11H2,(H2,18,23)(H,20,24). The van der Waals surface area contributed by atoms with Crippen molar-refractivity contribution in [2.45, 2.75) is 0 Å². The minimum Gasteiger partial charge on any atom is -0.484 e. The van der Waals surface area contributed by atoms with E-state index in [0.717, 1.165) is 5.69 Å². The Morgan fingerprint density at radius 2 is 1.80 bits per heavy atom. The summed E-state index contributed by atoms with van der Waals surface area (Å²) in [5.74, 6) is -0.460. The number of benzene rings is 2. The Balaban J connectivity index is 1.64. The van der Waals surface area contributed by atoms with Crippen molar-refractivity contribution < 1.29 is 14.3 Å². The summed E-state index contributed by atoms with van der Waals surface area (Å²) in [5, 5.41) is 11.0. The van der Waals surface area contributed by atoms with Crippen molar-refractivity contribution in [1.29, 1.82) is 0 Å². The van der Waals surface area contributed by atoms with Crippen molar-refractivity contribution in [3.05, 3.63) is 66.5 Å². The minimum absolute atomic E-state index is 0.193. The lowest BCUT2D eigenvalue weighted by molar-refractivity contribution is -0.119. The summed E-state index contributed by atoms with van der Waals surface area (Å²) in [6.45, 7) is -0.200. The van der Waals surface area contributed by atoms with E-state index in [0.29, 0.717) is 11.4 Å². The maximum atomic E-state index is 12.2. The Hall–Kier alpha value is -3.68. The molecule has 0 saturated heterocycles. The first-order valence-corrected chi connectivity index (χ1v) is 7.42. The van der Waals surface area contributed by atoms with Crippen LogP contribution in [-0.4, -0.2) is 33.4 Å². The van der Waals surface area contributed by atoms with Gasteiger partial charge >= 0.3 is 0 Å². The molecule has 0 spiro atoms. The van der Waals surface area contributed by atoms with Crippen LogP contribution in [0.3, 0.4) is 0 Å². The van der Waals surface area contributed by atoms with Crippen molar-refractivity contribution in [2.24, 2.45) is 5.73 Å². The van der Waals surface area contributed by atoms with Gasteiger partial charge in [0.25, 0.3) is 11.8 Å². The number of ether oxygens (including phenoxy) is 1. The lowest BCUT2D eigenvalue weighted by Gasteiger charge is -2.06. The van der Waals surface area contributed by atoms with Crippen molar-refractivity contribution >= 4 is 17.5 Å². The fourth-order valence-corrected chi connectivity index (χ4v) is 2.04. The molecule has 0 atom stereocenters. The molecule has 0 fully saturated rings. The fourth-order valence-electron chi connectivity index (χ4n) is 2.04. The number of para-hydroxylation sites is 1. The average Bonchev–Trinajstić information content (AvgIpc) is 3.12. The number of carbonyl (C=O) groups excluding carboxylic acids is 2. The second-order valence-electron chi connectivity index (χ2n) is 5.09. The number of anilines is 1. The molecule has 3 N–H and O–H groups in total. The first-order valence-electron chi connectivity index (χ1n) is 7.42. The Morgan fingerprint density at radius 1 is 1.08 bits per heavy atom.